The monoisotopic (exact) mass is 364 g/mol. The van der Waals surface area contributed by atoms with Crippen molar-refractivity contribution < 1.29 is 13.2 Å². The third-order valence-electron chi connectivity index (χ3n) is 5.57. The summed E-state index contributed by atoms with van der Waals surface area (Å²) in [6, 6.07) is 5.15. The Balaban J connectivity index is 1.87. The summed E-state index contributed by atoms with van der Waals surface area (Å²) in [6.45, 7) is 8.42. The molecule has 0 aromatic heterocycles. The quantitative estimate of drug-likeness (QED) is 0.896. The number of benzene rings is 1. The van der Waals surface area contributed by atoms with Crippen molar-refractivity contribution in [1.29, 1.82) is 0 Å². The van der Waals surface area contributed by atoms with Gasteiger partial charge >= 0.3 is 0 Å². The second-order valence-electron chi connectivity index (χ2n) is 8.25. The average molecular weight is 365 g/mol. The van der Waals surface area contributed by atoms with Crippen molar-refractivity contribution in [3.05, 3.63) is 23.8 Å². The fourth-order valence-electron chi connectivity index (χ4n) is 3.97. The number of carbonyl (C=O) groups is 1. The zero-order valence-electron chi connectivity index (χ0n) is 15.5. The van der Waals surface area contributed by atoms with Gasteiger partial charge < -0.3 is 4.90 Å². The van der Waals surface area contributed by atoms with Crippen LogP contribution in [-0.2, 0) is 20.2 Å². The highest BCUT2D eigenvalue weighted by molar-refractivity contribution is 7.89. The van der Waals surface area contributed by atoms with E-state index in [9.17, 15) is 13.2 Å². The van der Waals surface area contributed by atoms with Crippen molar-refractivity contribution in [2.75, 3.05) is 11.4 Å². The van der Waals surface area contributed by atoms with Crippen LogP contribution >= 0.6 is 0 Å². The smallest absolute Gasteiger partial charge is 0.240 e. The second-order valence-corrected chi connectivity index (χ2v) is 9.96. The van der Waals surface area contributed by atoms with Crippen molar-refractivity contribution in [2.24, 2.45) is 5.92 Å². The molecule has 0 saturated heterocycles. The lowest BCUT2D eigenvalue weighted by Gasteiger charge is -2.27. The van der Waals surface area contributed by atoms with Crippen LogP contribution in [0.2, 0.25) is 0 Å². The molecule has 1 aromatic rings. The van der Waals surface area contributed by atoms with Crippen molar-refractivity contribution in [3.8, 4) is 0 Å². The van der Waals surface area contributed by atoms with Gasteiger partial charge in [-0.2, -0.15) is 0 Å². The minimum absolute atomic E-state index is 0.0168. The number of carbonyl (C=O) groups excluding carboxylic acids is 1. The molecule has 5 nitrogen and oxygen atoms in total. The van der Waals surface area contributed by atoms with Gasteiger partial charge in [-0.15, -0.1) is 0 Å². The number of hydrogen-bond acceptors (Lipinski definition) is 3. The van der Waals surface area contributed by atoms with Gasteiger partial charge in [-0.1, -0.05) is 20.8 Å². The van der Waals surface area contributed by atoms with Crippen molar-refractivity contribution in [2.45, 2.75) is 69.7 Å². The lowest BCUT2D eigenvalue weighted by atomic mass is 9.87. The highest BCUT2D eigenvalue weighted by atomic mass is 32.2. The van der Waals surface area contributed by atoms with Crippen LogP contribution in [0.15, 0.2) is 23.1 Å². The summed E-state index contributed by atoms with van der Waals surface area (Å²) in [5.41, 5.74) is 1.48. The summed E-state index contributed by atoms with van der Waals surface area (Å²) < 4.78 is 28.5. The van der Waals surface area contributed by atoms with Crippen LogP contribution in [-0.4, -0.2) is 26.9 Å². The molecule has 1 saturated carbocycles. The third kappa shape index (κ3) is 3.60. The number of amides is 1. The van der Waals surface area contributed by atoms with E-state index in [1.807, 2.05) is 13.8 Å². The summed E-state index contributed by atoms with van der Waals surface area (Å²) >= 11 is 0. The number of rotatable bonds is 3. The first-order valence-electron chi connectivity index (χ1n) is 9.05. The Morgan fingerprint density at radius 1 is 1.20 bits per heavy atom. The molecule has 1 N–H and O–H groups in total. The Bertz CT molecular complexity index is 778. The minimum atomic E-state index is -3.54. The topological polar surface area (TPSA) is 66.5 Å². The molecule has 1 aliphatic heterocycles. The van der Waals surface area contributed by atoms with Crippen LogP contribution in [0, 0.1) is 5.92 Å². The first-order valence-corrected chi connectivity index (χ1v) is 10.5. The van der Waals surface area contributed by atoms with Gasteiger partial charge in [-0.3, -0.25) is 4.79 Å². The predicted molar refractivity (Wildman–Crippen MR) is 99.2 cm³/mol. The molecule has 2 aliphatic rings. The van der Waals surface area contributed by atoms with E-state index in [1.54, 1.807) is 30.0 Å². The number of anilines is 1. The molecule has 6 heteroatoms. The molecule has 0 bridgehead atoms. The minimum Gasteiger partial charge on any atom is -0.311 e. The molecule has 1 aliphatic carbocycles. The van der Waals surface area contributed by atoms with E-state index in [4.69, 9.17) is 0 Å². The zero-order valence-corrected chi connectivity index (χ0v) is 16.3. The summed E-state index contributed by atoms with van der Waals surface area (Å²) in [5, 5.41) is 0. The van der Waals surface area contributed by atoms with E-state index < -0.39 is 10.0 Å². The molecule has 1 fully saturated rings. The lowest BCUT2D eigenvalue weighted by molar-refractivity contribution is -0.116. The van der Waals surface area contributed by atoms with Gasteiger partial charge in [0.2, 0.25) is 15.9 Å². The summed E-state index contributed by atoms with van der Waals surface area (Å²) in [7, 11) is -3.54. The molecule has 1 aromatic carbocycles. The molecule has 3 rings (SSSR count). The molecular formula is C19H28N2O3S. The van der Waals surface area contributed by atoms with Crippen molar-refractivity contribution in [3.63, 3.8) is 0 Å². The van der Waals surface area contributed by atoms with E-state index in [0.29, 0.717) is 17.4 Å². The predicted octanol–water partition coefficient (Wildman–Crippen LogP) is 3.19. The van der Waals surface area contributed by atoms with E-state index in [0.717, 1.165) is 36.9 Å². The third-order valence-corrected chi connectivity index (χ3v) is 7.09. The molecular weight excluding hydrogens is 336 g/mol. The lowest BCUT2D eigenvalue weighted by Crippen LogP contribution is -2.37. The Kier molecular flexibility index (Phi) is 4.71. The van der Waals surface area contributed by atoms with E-state index in [1.165, 1.54) is 0 Å². The number of nitrogens with one attached hydrogen (secondary N) is 1. The molecule has 138 valence electrons. The Morgan fingerprint density at radius 3 is 2.44 bits per heavy atom. The summed E-state index contributed by atoms with van der Waals surface area (Å²) in [4.78, 5) is 13.9. The van der Waals surface area contributed by atoms with E-state index in [-0.39, 0.29) is 17.4 Å². The molecule has 0 atom stereocenters. The highest BCUT2D eigenvalue weighted by Gasteiger charge is 2.38. The maximum atomic E-state index is 12.8. The van der Waals surface area contributed by atoms with Gasteiger partial charge in [-0.25, -0.2) is 13.1 Å². The number of fused-ring (bicyclic) bond motifs is 1. The summed E-state index contributed by atoms with van der Waals surface area (Å²) in [6.07, 6.45) is 3.93. The average Bonchev–Trinajstić information content (AvgIpc) is 2.81. The maximum absolute atomic E-state index is 12.8. The molecule has 0 spiro atoms. The van der Waals surface area contributed by atoms with Gasteiger partial charge in [0.1, 0.15) is 0 Å². The first-order chi connectivity index (χ1) is 11.6. The van der Waals surface area contributed by atoms with Crippen LogP contribution in [0.1, 0.15) is 58.9 Å². The fraction of sp³-hybridized carbons (Fsp3) is 0.632. The number of nitrogens with zero attached hydrogens (tertiary/aromatic N) is 1. The standard InChI is InChI=1S/C19H28N2O3S/c1-13-5-7-15(8-6-13)20-25(23,24)16-9-10-18-17(11-16)19(3,4)12-21(18)14(2)22/h9-11,13,15,20H,5-8,12H2,1-4H3. The van der Waals surface area contributed by atoms with E-state index >= 15 is 0 Å². The molecule has 1 heterocycles. The van der Waals surface area contributed by atoms with Gasteiger partial charge in [0.05, 0.1) is 4.90 Å². The highest BCUT2D eigenvalue weighted by Crippen LogP contribution is 2.41. The normalized spacial score (nSPS) is 25.7. The summed E-state index contributed by atoms with van der Waals surface area (Å²) in [5.74, 6) is 0.663. The van der Waals surface area contributed by atoms with Gasteiger partial charge in [0.15, 0.2) is 0 Å². The number of hydrogen-bond donors (Lipinski definition) is 1. The molecule has 25 heavy (non-hydrogen) atoms. The Hall–Kier alpha value is -1.40. The molecule has 1 amide bonds. The van der Waals surface area contributed by atoms with Gasteiger partial charge in [0, 0.05) is 30.6 Å². The Labute approximate surface area is 150 Å². The largest absolute Gasteiger partial charge is 0.311 e. The van der Waals surface area contributed by atoms with Gasteiger partial charge in [-0.05, 0) is 55.4 Å². The van der Waals surface area contributed by atoms with Crippen LogP contribution < -0.4 is 9.62 Å². The van der Waals surface area contributed by atoms with Crippen LogP contribution in [0.25, 0.3) is 0 Å². The van der Waals surface area contributed by atoms with Crippen LogP contribution in [0.5, 0.6) is 0 Å². The van der Waals surface area contributed by atoms with Crippen LogP contribution in [0.4, 0.5) is 5.69 Å². The van der Waals surface area contributed by atoms with Gasteiger partial charge in [0.25, 0.3) is 0 Å². The molecule has 0 unspecified atom stereocenters. The fourth-order valence-corrected chi connectivity index (χ4v) is 5.30. The van der Waals surface area contributed by atoms with E-state index in [2.05, 4.69) is 11.6 Å². The number of sulfonamides is 1. The van der Waals surface area contributed by atoms with Crippen molar-refractivity contribution >= 4 is 21.6 Å². The first kappa shape index (κ1) is 18.4. The maximum Gasteiger partial charge on any atom is 0.240 e. The molecule has 0 radical (unpaired) electrons. The zero-order chi connectivity index (χ0) is 18.4. The second kappa shape index (κ2) is 6.40. The van der Waals surface area contributed by atoms with Crippen molar-refractivity contribution in [1.82, 2.24) is 4.72 Å². The SMILES string of the molecule is CC(=O)N1CC(C)(C)c2cc(S(=O)(=O)NC3CCC(C)CC3)ccc21. The van der Waals surface area contributed by atoms with Crippen LogP contribution in [0.3, 0.4) is 0 Å². The Morgan fingerprint density at radius 2 is 1.84 bits per heavy atom.